The average Bonchev–Trinajstić information content (AvgIpc) is 2.27. The van der Waals surface area contributed by atoms with Crippen LogP contribution >= 0.6 is 0 Å². The lowest BCUT2D eigenvalue weighted by Crippen LogP contribution is -2.31. The van der Waals surface area contributed by atoms with E-state index in [0.717, 1.165) is 0 Å². The number of hydrogen-bond acceptors (Lipinski definition) is 4. The van der Waals surface area contributed by atoms with Crippen LogP contribution in [0.4, 0.5) is 0 Å². The molecule has 1 atom stereocenters. The van der Waals surface area contributed by atoms with Crippen molar-refractivity contribution in [3.63, 3.8) is 0 Å². The minimum atomic E-state index is -3.52. The largest absolute Gasteiger partial charge is 0.478 e. The van der Waals surface area contributed by atoms with E-state index in [2.05, 4.69) is 4.72 Å². The van der Waals surface area contributed by atoms with E-state index in [4.69, 9.17) is 10.2 Å². The normalized spacial score (nSPS) is 13.2. The third-order valence-corrected chi connectivity index (χ3v) is 3.48. The van der Waals surface area contributed by atoms with E-state index < -0.39 is 22.1 Å². The molecule has 0 radical (unpaired) electrons. The summed E-state index contributed by atoms with van der Waals surface area (Å²) in [6.07, 6.45) is -0.755. The number of benzene rings is 1. The summed E-state index contributed by atoms with van der Waals surface area (Å²) in [6.45, 7) is 1.43. The molecular weight excluding hydrogens is 258 g/mol. The van der Waals surface area contributed by atoms with E-state index in [1.165, 1.54) is 31.2 Å². The second-order valence-corrected chi connectivity index (χ2v) is 5.77. The average molecular weight is 273 g/mol. The summed E-state index contributed by atoms with van der Waals surface area (Å²) in [5.74, 6) is -1.31. The molecule has 0 amide bonds. The number of aliphatic hydroxyl groups is 1. The fourth-order valence-corrected chi connectivity index (χ4v) is 2.49. The summed E-state index contributed by atoms with van der Waals surface area (Å²) >= 11 is 0. The number of carboxylic acids is 1. The van der Waals surface area contributed by atoms with Gasteiger partial charge in [-0.15, -0.1) is 0 Å². The van der Waals surface area contributed by atoms with Crippen LogP contribution in [-0.2, 0) is 15.8 Å². The molecule has 0 spiro atoms. The molecule has 0 saturated heterocycles. The van der Waals surface area contributed by atoms with Crippen LogP contribution in [0.2, 0.25) is 0 Å². The summed E-state index contributed by atoms with van der Waals surface area (Å²) in [5.41, 5.74) is 0.589. The summed E-state index contributed by atoms with van der Waals surface area (Å²) in [7, 11) is -3.52. The Kier molecular flexibility index (Phi) is 4.83. The molecule has 1 aromatic rings. The van der Waals surface area contributed by atoms with Crippen LogP contribution in [0, 0.1) is 0 Å². The van der Waals surface area contributed by atoms with Gasteiger partial charge in [0.15, 0.2) is 0 Å². The lowest BCUT2D eigenvalue weighted by molar-refractivity contribution is 0.0697. The maximum atomic E-state index is 11.6. The van der Waals surface area contributed by atoms with Gasteiger partial charge in [0.1, 0.15) is 0 Å². The number of hydrogen-bond donors (Lipinski definition) is 3. The minimum Gasteiger partial charge on any atom is -0.478 e. The van der Waals surface area contributed by atoms with Gasteiger partial charge in [0.05, 0.1) is 17.4 Å². The molecule has 0 bridgehead atoms. The van der Waals surface area contributed by atoms with Gasteiger partial charge >= 0.3 is 5.97 Å². The van der Waals surface area contributed by atoms with Gasteiger partial charge in [0.25, 0.3) is 0 Å². The van der Waals surface area contributed by atoms with Crippen molar-refractivity contribution >= 4 is 16.0 Å². The molecule has 0 aliphatic carbocycles. The first kappa shape index (κ1) is 14.6. The van der Waals surface area contributed by atoms with Crippen LogP contribution in [0.5, 0.6) is 0 Å². The smallest absolute Gasteiger partial charge is 0.335 e. The van der Waals surface area contributed by atoms with Gasteiger partial charge in [0, 0.05) is 6.54 Å². The van der Waals surface area contributed by atoms with E-state index in [9.17, 15) is 13.2 Å². The lowest BCUT2D eigenvalue weighted by Gasteiger charge is -2.08. The van der Waals surface area contributed by atoms with Crippen LogP contribution < -0.4 is 4.72 Å². The number of carbonyl (C=O) groups is 1. The number of rotatable bonds is 6. The second kappa shape index (κ2) is 5.94. The molecule has 0 aliphatic heterocycles. The molecule has 0 aromatic heterocycles. The number of carboxylic acid groups (broad SMARTS) is 1. The Morgan fingerprint density at radius 1 is 1.33 bits per heavy atom. The van der Waals surface area contributed by atoms with Gasteiger partial charge in [-0.3, -0.25) is 0 Å². The Bertz CT molecular complexity index is 507. The molecule has 7 heteroatoms. The molecule has 0 heterocycles. The van der Waals surface area contributed by atoms with E-state index >= 15 is 0 Å². The van der Waals surface area contributed by atoms with Crippen LogP contribution in [0.1, 0.15) is 22.8 Å². The van der Waals surface area contributed by atoms with Crippen LogP contribution in [0.3, 0.4) is 0 Å². The number of nitrogens with one attached hydrogen (secondary N) is 1. The first-order valence-electron chi connectivity index (χ1n) is 5.28. The fourth-order valence-electron chi connectivity index (χ4n) is 1.26. The zero-order valence-corrected chi connectivity index (χ0v) is 10.6. The Labute approximate surface area is 105 Å². The van der Waals surface area contributed by atoms with Gasteiger partial charge in [-0.1, -0.05) is 12.1 Å². The number of aliphatic hydroxyl groups excluding tert-OH is 1. The topological polar surface area (TPSA) is 104 Å². The van der Waals surface area contributed by atoms with Crippen molar-refractivity contribution in [1.82, 2.24) is 4.72 Å². The third kappa shape index (κ3) is 4.82. The van der Waals surface area contributed by atoms with Crippen LogP contribution in [-0.4, -0.2) is 37.2 Å². The highest BCUT2D eigenvalue weighted by molar-refractivity contribution is 7.88. The van der Waals surface area contributed by atoms with E-state index in [1.54, 1.807) is 0 Å². The van der Waals surface area contributed by atoms with E-state index in [0.29, 0.717) is 5.56 Å². The van der Waals surface area contributed by atoms with Crippen molar-refractivity contribution in [1.29, 1.82) is 0 Å². The van der Waals surface area contributed by atoms with Crippen molar-refractivity contribution in [3.05, 3.63) is 35.4 Å². The molecule has 18 heavy (non-hydrogen) atoms. The van der Waals surface area contributed by atoms with Crippen molar-refractivity contribution in [3.8, 4) is 0 Å². The number of aromatic carboxylic acids is 1. The number of sulfonamides is 1. The zero-order valence-electron chi connectivity index (χ0n) is 9.83. The first-order valence-corrected chi connectivity index (χ1v) is 6.93. The predicted octanol–water partition coefficient (Wildman–Crippen LogP) is 0.185. The Balaban J connectivity index is 2.69. The summed E-state index contributed by atoms with van der Waals surface area (Å²) in [4.78, 5) is 10.6. The summed E-state index contributed by atoms with van der Waals surface area (Å²) in [6, 6.07) is 5.60. The van der Waals surface area contributed by atoms with Crippen molar-refractivity contribution in [2.75, 3.05) is 6.54 Å². The van der Waals surface area contributed by atoms with Crippen LogP contribution in [0.15, 0.2) is 24.3 Å². The molecule has 0 unspecified atom stereocenters. The third-order valence-electron chi connectivity index (χ3n) is 2.16. The monoisotopic (exact) mass is 273 g/mol. The fraction of sp³-hybridized carbons (Fsp3) is 0.364. The molecule has 1 rings (SSSR count). The summed E-state index contributed by atoms with van der Waals surface area (Å²) in [5, 5.41) is 17.7. The SMILES string of the molecule is C[C@@H](O)CNS(=O)(=O)Cc1ccc(C(=O)O)cc1. The lowest BCUT2D eigenvalue weighted by atomic mass is 10.1. The standard InChI is InChI=1S/C11H15NO5S/c1-8(13)6-12-18(16,17)7-9-2-4-10(5-3-9)11(14)15/h2-5,8,12-13H,6-7H2,1H3,(H,14,15)/t8-/m1/s1. The van der Waals surface area contributed by atoms with Gasteiger partial charge in [-0.05, 0) is 24.6 Å². The molecule has 0 fully saturated rings. The van der Waals surface area contributed by atoms with Crippen molar-refractivity contribution < 1.29 is 23.4 Å². The maximum absolute atomic E-state index is 11.6. The van der Waals surface area contributed by atoms with Gasteiger partial charge in [-0.25, -0.2) is 17.9 Å². The summed E-state index contributed by atoms with van der Waals surface area (Å²) < 4.78 is 25.4. The molecule has 1 aromatic carbocycles. The Hall–Kier alpha value is -1.44. The van der Waals surface area contributed by atoms with E-state index in [-0.39, 0.29) is 17.9 Å². The quantitative estimate of drug-likeness (QED) is 0.686. The van der Waals surface area contributed by atoms with Crippen LogP contribution in [0.25, 0.3) is 0 Å². The van der Waals surface area contributed by atoms with Gasteiger partial charge < -0.3 is 10.2 Å². The minimum absolute atomic E-state index is 0.0461. The Morgan fingerprint density at radius 2 is 1.89 bits per heavy atom. The van der Waals surface area contributed by atoms with Gasteiger partial charge in [-0.2, -0.15) is 0 Å². The highest BCUT2D eigenvalue weighted by Crippen LogP contribution is 2.07. The molecule has 3 N–H and O–H groups in total. The molecular formula is C11H15NO5S. The maximum Gasteiger partial charge on any atom is 0.335 e. The van der Waals surface area contributed by atoms with Crippen molar-refractivity contribution in [2.24, 2.45) is 0 Å². The molecule has 0 saturated carbocycles. The van der Waals surface area contributed by atoms with Gasteiger partial charge in [0.2, 0.25) is 10.0 Å². The van der Waals surface area contributed by atoms with Crippen molar-refractivity contribution in [2.45, 2.75) is 18.8 Å². The predicted molar refractivity (Wildman–Crippen MR) is 65.7 cm³/mol. The van der Waals surface area contributed by atoms with E-state index in [1.807, 2.05) is 0 Å². The first-order chi connectivity index (χ1) is 8.30. The molecule has 100 valence electrons. The molecule has 0 aliphatic rings. The highest BCUT2D eigenvalue weighted by atomic mass is 32.2. The highest BCUT2D eigenvalue weighted by Gasteiger charge is 2.12. The molecule has 6 nitrogen and oxygen atoms in total. The zero-order chi connectivity index (χ0) is 13.8. The second-order valence-electron chi connectivity index (χ2n) is 3.96. The Morgan fingerprint density at radius 3 is 2.33 bits per heavy atom.